The van der Waals surface area contributed by atoms with E-state index in [1.165, 1.54) is 35.2 Å². The van der Waals surface area contributed by atoms with Crippen molar-refractivity contribution in [2.24, 2.45) is 0 Å². The molecule has 0 aliphatic rings. The van der Waals surface area contributed by atoms with Crippen molar-refractivity contribution >= 4 is 50.7 Å². The second-order valence-corrected chi connectivity index (χ2v) is 9.04. The van der Waals surface area contributed by atoms with E-state index < -0.39 is 0 Å². The number of rotatable bonds is 7. The standard InChI is InChI=1S/C21H18FN5OS2/c1-13(19(28)25-18-6-2-5-17-16(18)4-3-11-23-17)29-21-27-26-20(30-21)24-12-14-7-9-15(22)10-8-14/h2-11,13H,12H2,1H3,(H,24,26)(H,25,28). The van der Waals surface area contributed by atoms with Gasteiger partial charge in [0.15, 0.2) is 4.34 Å². The zero-order valence-electron chi connectivity index (χ0n) is 16.0. The smallest absolute Gasteiger partial charge is 0.237 e. The number of nitrogens with zero attached hydrogens (tertiary/aromatic N) is 3. The predicted octanol–water partition coefficient (Wildman–Crippen LogP) is 4.96. The van der Waals surface area contributed by atoms with Crippen molar-refractivity contribution in [1.29, 1.82) is 0 Å². The molecular weight excluding hydrogens is 421 g/mol. The summed E-state index contributed by atoms with van der Waals surface area (Å²) in [5.74, 6) is -0.382. The summed E-state index contributed by atoms with van der Waals surface area (Å²) in [4.78, 5) is 17.0. The second kappa shape index (κ2) is 9.19. The summed E-state index contributed by atoms with van der Waals surface area (Å²) >= 11 is 2.72. The SMILES string of the molecule is CC(Sc1nnc(NCc2ccc(F)cc2)s1)C(=O)Nc1cccc2ncccc12. The van der Waals surface area contributed by atoms with Gasteiger partial charge in [-0.1, -0.05) is 41.3 Å². The molecule has 0 saturated carbocycles. The van der Waals surface area contributed by atoms with E-state index >= 15 is 0 Å². The highest BCUT2D eigenvalue weighted by atomic mass is 32.2. The average molecular weight is 440 g/mol. The average Bonchev–Trinajstić information content (AvgIpc) is 3.21. The molecule has 0 fully saturated rings. The van der Waals surface area contributed by atoms with Gasteiger partial charge in [0.25, 0.3) is 0 Å². The number of halogens is 1. The van der Waals surface area contributed by atoms with Gasteiger partial charge in [-0.25, -0.2) is 4.39 Å². The van der Waals surface area contributed by atoms with Gasteiger partial charge in [0.1, 0.15) is 5.82 Å². The van der Waals surface area contributed by atoms with Gasteiger partial charge < -0.3 is 10.6 Å². The Labute approximate surface area is 181 Å². The Kier molecular flexibility index (Phi) is 6.20. The van der Waals surface area contributed by atoms with E-state index in [2.05, 4.69) is 25.8 Å². The Morgan fingerprint density at radius 3 is 2.80 bits per heavy atom. The van der Waals surface area contributed by atoms with Crippen molar-refractivity contribution in [2.45, 2.75) is 23.1 Å². The minimum absolute atomic E-state index is 0.118. The Morgan fingerprint density at radius 2 is 1.97 bits per heavy atom. The summed E-state index contributed by atoms with van der Waals surface area (Å²) < 4.78 is 13.7. The van der Waals surface area contributed by atoms with Crippen LogP contribution < -0.4 is 10.6 Å². The van der Waals surface area contributed by atoms with Crippen LogP contribution in [0.4, 0.5) is 15.2 Å². The van der Waals surface area contributed by atoms with Gasteiger partial charge >= 0.3 is 0 Å². The van der Waals surface area contributed by atoms with E-state index in [4.69, 9.17) is 0 Å². The molecular formula is C21H18FN5OS2. The van der Waals surface area contributed by atoms with Crippen molar-refractivity contribution < 1.29 is 9.18 Å². The maximum Gasteiger partial charge on any atom is 0.237 e. The third-order valence-corrected chi connectivity index (χ3v) is 6.38. The number of carbonyl (C=O) groups excluding carboxylic acids is 1. The number of nitrogens with one attached hydrogen (secondary N) is 2. The minimum atomic E-state index is -0.352. The summed E-state index contributed by atoms with van der Waals surface area (Å²) in [6.07, 6.45) is 1.73. The summed E-state index contributed by atoms with van der Waals surface area (Å²) in [5, 5.41) is 15.6. The summed E-state index contributed by atoms with van der Waals surface area (Å²) in [5.41, 5.74) is 2.51. The number of thioether (sulfide) groups is 1. The van der Waals surface area contributed by atoms with Gasteiger partial charge in [0, 0.05) is 18.1 Å². The van der Waals surface area contributed by atoms with Gasteiger partial charge in [0.05, 0.1) is 16.5 Å². The zero-order valence-corrected chi connectivity index (χ0v) is 17.6. The van der Waals surface area contributed by atoms with Crippen molar-refractivity contribution in [3.63, 3.8) is 0 Å². The minimum Gasteiger partial charge on any atom is -0.356 e. The van der Waals surface area contributed by atoms with Crippen molar-refractivity contribution in [3.05, 3.63) is 72.2 Å². The maximum atomic E-state index is 13.0. The lowest BCUT2D eigenvalue weighted by atomic mass is 10.2. The second-order valence-electron chi connectivity index (χ2n) is 6.48. The van der Waals surface area contributed by atoms with Crippen LogP contribution in [-0.2, 0) is 11.3 Å². The molecule has 1 amide bonds. The zero-order chi connectivity index (χ0) is 20.9. The van der Waals surface area contributed by atoms with E-state index in [0.29, 0.717) is 16.0 Å². The van der Waals surface area contributed by atoms with Crippen LogP contribution in [0.1, 0.15) is 12.5 Å². The molecule has 2 heterocycles. The first-order valence-electron chi connectivity index (χ1n) is 9.21. The molecule has 0 aliphatic heterocycles. The first-order chi connectivity index (χ1) is 14.6. The van der Waals surface area contributed by atoms with Crippen LogP contribution in [0.5, 0.6) is 0 Å². The molecule has 2 N–H and O–H groups in total. The number of hydrogen-bond donors (Lipinski definition) is 2. The van der Waals surface area contributed by atoms with E-state index in [0.717, 1.165) is 22.2 Å². The molecule has 0 saturated heterocycles. The van der Waals surface area contributed by atoms with Crippen LogP contribution in [0, 0.1) is 5.82 Å². The molecule has 9 heteroatoms. The fourth-order valence-corrected chi connectivity index (χ4v) is 4.65. The van der Waals surface area contributed by atoms with E-state index in [9.17, 15) is 9.18 Å². The molecule has 0 spiro atoms. The number of amides is 1. The Bertz CT molecular complexity index is 1160. The highest BCUT2D eigenvalue weighted by Gasteiger charge is 2.18. The number of aromatic nitrogens is 3. The lowest BCUT2D eigenvalue weighted by molar-refractivity contribution is -0.115. The fourth-order valence-electron chi connectivity index (χ4n) is 2.76. The monoisotopic (exact) mass is 439 g/mol. The lowest BCUT2D eigenvalue weighted by Crippen LogP contribution is -2.22. The molecule has 2 aromatic heterocycles. The molecule has 0 radical (unpaired) electrons. The Hall–Kier alpha value is -3.04. The summed E-state index contributed by atoms with van der Waals surface area (Å²) in [6, 6.07) is 15.7. The van der Waals surface area contributed by atoms with Crippen LogP contribution >= 0.6 is 23.1 Å². The third-order valence-electron chi connectivity index (χ3n) is 4.31. The highest BCUT2D eigenvalue weighted by Crippen LogP contribution is 2.30. The third kappa shape index (κ3) is 4.92. The molecule has 1 atom stereocenters. The molecule has 4 aromatic rings. The molecule has 6 nitrogen and oxygen atoms in total. The molecule has 0 aliphatic carbocycles. The summed E-state index contributed by atoms with van der Waals surface area (Å²) in [6.45, 7) is 2.35. The van der Waals surface area contributed by atoms with Crippen LogP contribution in [-0.4, -0.2) is 26.3 Å². The van der Waals surface area contributed by atoms with Crippen LogP contribution in [0.15, 0.2) is 65.1 Å². The fraction of sp³-hybridized carbons (Fsp3) is 0.143. The van der Waals surface area contributed by atoms with Crippen molar-refractivity contribution in [1.82, 2.24) is 15.2 Å². The van der Waals surface area contributed by atoms with Crippen LogP contribution in [0.3, 0.4) is 0 Å². The first kappa shape index (κ1) is 20.2. The predicted molar refractivity (Wildman–Crippen MR) is 119 cm³/mol. The van der Waals surface area contributed by atoms with Crippen molar-refractivity contribution in [3.8, 4) is 0 Å². The van der Waals surface area contributed by atoms with E-state index in [1.54, 1.807) is 18.3 Å². The molecule has 0 bridgehead atoms. The van der Waals surface area contributed by atoms with Crippen LogP contribution in [0.2, 0.25) is 0 Å². The maximum absolute atomic E-state index is 13.0. The molecule has 2 aromatic carbocycles. The molecule has 30 heavy (non-hydrogen) atoms. The van der Waals surface area contributed by atoms with Gasteiger partial charge in [-0.05, 0) is 48.9 Å². The first-order valence-corrected chi connectivity index (χ1v) is 10.9. The molecule has 4 rings (SSSR count). The van der Waals surface area contributed by atoms with Gasteiger partial charge in [-0.3, -0.25) is 9.78 Å². The van der Waals surface area contributed by atoms with Crippen LogP contribution in [0.25, 0.3) is 10.9 Å². The number of hydrogen-bond acceptors (Lipinski definition) is 7. The normalized spacial score (nSPS) is 11.9. The number of fused-ring (bicyclic) bond motifs is 1. The lowest BCUT2D eigenvalue weighted by Gasteiger charge is -2.12. The molecule has 1 unspecified atom stereocenters. The van der Waals surface area contributed by atoms with Gasteiger partial charge in [-0.15, -0.1) is 10.2 Å². The Balaban J connectivity index is 1.35. The number of carbonyl (C=O) groups is 1. The number of benzene rings is 2. The number of anilines is 2. The van der Waals surface area contributed by atoms with E-state index in [1.807, 2.05) is 37.3 Å². The topological polar surface area (TPSA) is 79.8 Å². The molecule has 152 valence electrons. The van der Waals surface area contributed by atoms with Gasteiger partial charge in [-0.2, -0.15) is 0 Å². The van der Waals surface area contributed by atoms with E-state index in [-0.39, 0.29) is 17.0 Å². The number of pyridine rings is 1. The quantitative estimate of drug-likeness (QED) is 0.396. The summed E-state index contributed by atoms with van der Waals surface area (Å²) in [7, 11) is 0. The highest BCUT2D eigenvalue weighted by molar-refractivity contribution is 8.02. The van der Waals surface area contributed by atoms with Gasteiger partial charge in [0.2, 0.25) is 11.0 Å². The van der Waals surface area contributed by atoms with Crippen molar-refractivity contribution in [2.75, 3.05) is 10.6 Å². The largest absolute Gasteiger partial charge is 0.356 e. The Morgan fingerprint density at radius 1 is 1.13 bits per heavy atom.